The Hall–Kier alpha value is -1.42. The molecule has 21 heavy (non-hydrogen) atoms. The minimum absolute atomic E-state index is 0.0666. The quantitative estimate of drug-likeness (QED) is 0.780. The first-order chi connectivity index (χ1) is 9.98. The fourth-order valence-corrected chi connectivity index (χ4v) is 3.49. The molecule has 0 aliphatic heterocycles. The zero-order valence-electron chi connectivity index (χ0n) is 12.0. The highest BCUT2D eigenvalue weighted by Crippen LogP contribution is 2.22. The number of terminal acetylenes is 1. The van der Waals surface area contributed by atoms with Gasteiger partial charge in [-0.1, -0.05) is 18.9 Å². The molecule has 0 radical (unpaired) electrons. The molecule has 0 aromatic heterocycles. The second kappa shape index (κ2) is 6.56. The third kappa shape index (κ3) is 3.82. The van der Waals surface area contributed by atoms with Gasteiger partial charge in [-0.3, -0.25) is 0 Å². The van der Waals surface area contributed by atoms with E-state index in [1.54, 1.807) is 13.0 Å². The van der Waals surface area contributed by atoms with Crippen LogP contribution >= 0.6 is 0 Å². The summed E-state index contributed by atoms with van der Waals surface area (Å²) in [5, 5.41) is 3.28. The van der Waals surface area contributed by atoms with Gasteiger partial charge in [0.1, 0.15) is 10.7 Å². The zero-order chi connectivity index (χ0) is 15.5. The van der Waals surface area contributed by atoms with Crippen LogP contribution in [0.3, 0.4) is 0 Å². The van der Waals surface area contributed by atoms with Crippen LogP contribution in [-0.4, -0.2) is 31.9 Å². The number of sulfonamides is 1. The van der Waals surface area contributed by atoms with E-state index in [0.717, 1.165) is 22.7 Å². The maximum Gasteiger partial charge on any atom is 0.246 e. The number of hydrogen-bond donors (Lipinski definition) is 1. The van der Waals surface area contributed by atoms with Crippen molar-refractivity contribution in [2.24, 2.45) is 0 Å². The van der Waals surface area contributed by atoms with Gasteiger partial charge in [0.25, 0.3) is 0 Å². The molecule has 0 unspecified atom stereocenters. The molecule has 0 bridgehead atoms. The molecule has 1 aliphatic rings. The normalized spacial score (nSPS) is 15.1. The van der Waals surface area contributed by atoms with Crippen LogP contribution in [0.2, 0.25) is 0 Å². The molecule has 6 heteroatoms. The molecule has 1 saturated carbocycles. The molecule has 1 aromatic carbocycles. The number of nitrogens with one attached hydrogen (secondary N) is 1. The Morgan fingerprint density at radius 3 is 2.76 bits per heavy atom. The van der Waals surface area contributed by atoms with Crippen molar-refractivity contribution in [1.82, 2.24) is 9.62 Å². The largest absolute Gasteiger partial charge is 0.310 e. The number of halogens is 1. The fourth-order valence-electron chi connectivity index (χ4n) is 2.01. The average molecular weight is 310 g/mol. The van der Waals surface area contributed by atoms with Crippen LogP contribution < -0.4 is 5.32 Å². The molecule has 0 saturated heterocycles. The molecule has 1 aliphatic carbocycles. The van der Waals surface area contributed by atoms with E-state index < -0.39 is 15.8 Å². The lowest BCUT2D eigenvalue weighted by atomic mass is 10.2. The van der Waals surface area contributed by atoms with Crippen LogP contribution in [-0.2, 0) is 16.6 Å². The summed E-state index contributed by atoms with van der Waals surface area (Å²) in [5.74, 6) is 1.54. The van der Waals surface area contributed by atoms with E-state index in [0.29, 0.717) is 12.6 Å². The van der Waals surface area contributed by atoms with E-state index in [1.807, 2.05) is 0 Å². The number of rotatable bonds is 7. The third-order valence-corrected chi connectivity index (χ3v) is 5.34. The first-order valence-corrected chi connectivity index (χ1v) is 8.38. The van der Waals surface area contributed by atoms with Gasteiger partial charge < -0.3 is 5.32 Å². The van der Waals surface area contributed by atoms with Gasteiger partial charge >= 0.3 is 0 Å². The highest BCUT2D eigenvalue weighted by molar-refractivity contribution is 7.89. The van der Waals surface area contributed by atoms with Crippen LogP contribution in [0.5, 0.6) is 0 Å². The summed E-state index contributed by atoms with van der Waals surface area (Å²) < 4.78 is 39.9. The summed E-state index contributed by atoms with van der Waals surface area (Å²) in [6.07, 6.45) is 7.45. The Morgan fingerprint density at radius 1 is 1.48 bits per heavy atom. The molecule has 1 aromatic rings. The Bertz CT molecular complexity index is 648. The number of hydrogen-bond acceptors (Lipinski definition) is 3. The van der Waals surface area contributed by atoms with Crippen molar-refractivity contribution in [3.05, 3.63) is 29.6 Å². The molecule has 1 N–H and O–H groups in total. The van der Waals surface area contributed by atoms with Crippen molar-refractivity contribution in [2.45, 2.75) is 37.2 Å². The lowest BCUT2D eigenvalue weighted by Crippen LogP contribution is -2.32. The lowest BCUT2D eigenvalue weighted by molar-refractivity contribution is 0.457. The Kier molecular flexibility index (Phi) is 4.99. The molecule has 2 rings (SSSR count). The topological polar surface area (TPSA) is 49.4 Å². The third-order valence-electron chi connectivity index (χ3n) is 3.41. The fraction of sp³-hybridized carbons (Fsp3) is 0.467. The first-order valence-electron chi connectivity index (χ1n) is 6.94. The van der Waals surface area contributed by atoms with Crippen molar-refractivity contribution in [3.63, 3.8) is 0 Å². The SMILES string of the molecule is C#CCN(CC)S(=O)(=O)c1cc(CNC2CC2)ccc1F. The average Bonchev–Trinajstić information content (AvgIpc) is 3.27. The monoisotopic (exact) mass is 310 g/mol. The van der Waals surface area contributed by atoms with Crippen LogP contribution in [0.4, 0.5) is 4.39 Å². The molecule has 4 nitrogen and oxygen atoms in total. The molecule has 0 spiro atoms. The summed E-state index contributed by atoms with van der Waals surface area (Å²) >= 11 is 0. The van der Waals surface area contributed by atoms with Crippen LogP contribution in [0.25, 0.3) is 0 Å². The zero-order valence-corrected chi connectivity index (χ0v) is 12.8. The van der Waals surface area contributed by atoms with Gasteiger partial charge in [0, 0.05) is 19.1 Å². The Morgan fingerprint density at radius 2 is 2.19 bits per heavy atom. The molecule has 1 fully saturated rings. The van der Waals surface area contributed by atoms with Gasteiger partial charge in [-0.25, -0.2) is 12.8 Å². The van der Waals surface area contributed by atoms with Crippen molar-refractivity contribution < 1.29 is 12.8 Å². The summed E-state index contributed by atoms with van der Waals surface area (Å²) in [6.45, 7) is 2.35. The van der Waals surface area contributed by atoms with Crippen molar-refractivity contribution in [3.8, 4) is 12.3 Å². The van der Waals surface area contributed by atoms with Crippen LogP contribution in [0.1, 0.15) is 25.3 Å². The van der Waals surface area contributed by atoms with E-state index in [2.05, 4.69) is 11.2 Å². The molecule has 0 amide bonds. The van der Waals surface area contributed by atoms with Gasteiger partial charge in [0.05, 0.1) is 6.54 Å². The van der Waals surface area contributed by atoms with E-state index in [4.69, 9.17) is 6.42 Å². The van der Waals surface area contributed by atoms with Crippen molar-refractivity contribution >= 4 is 10.0 Å². The molecular formula is C15H19FN2O2S. The Balaban J connectivity index is 2.27. The van der Waals surface area contributed by atoms with E-state index in [9.17, 15) is 12.8 Å². The van der Waals surface area contributed by atoms with E-state index >= 15 is 0 Å². The second-order valence-electron chi connectivity index (χ2n) is 5.06. The van der Waals surface area contributed by atoms with Gasteiger partial charge in [0.2, 0.25) is 10.0 Å². The Labute approximate surface area is 125 Å². The van der Waals surface area contributed by atoms with Crippen molar-refractivity contribution in [2.75, 3.05) is 13.1 Å². The molecular weight excluding hydrogens is 291 g/mol. The maximum absolute atomic E-state index is 13.9. The lowest BCUT2D eigenvalue weighted by Gasteiger charge is -2.18. The first kappa shape index (κ1) is 16.0. The second-order valence-corrected chi connectivity index (χ2v) is 6.96. The van der Waals surface area contributed by atoms with Gasteiger partial charge in [-0.2, -0.15) is 4.31 Å². The van der Waals surface area contributed by atoms with E-state index in [-0.39, 0.29) is 18.0 Å². The standard InChI is InChI=1S/C15H19FN2O2S/c1-3-9-18(4-2)21(19,20)15-10-12(5-8-14(15)16)11-17-13-6-7-13/h1,5,8,10,13,17H,4,6-7,9,11H2,2H3. The van der Waals surface area contributed by atoms with Gasteiger partial charge in [0.15, 0.2) is 0 Å². The minimum Gasteiger partial charge on any atom is -0.310 e. The van der Waals surface area contributed by atoms with Crippen molar-refractivity contribution in [1.29, 1.82) is 0 Å². The minimum atomic E-state index is -3.90. The number of benzene rings is 1. The highest BCUT2D eigenvalue weighted by atomic mass is 32.2. The van der Waals surface area contributed by atoms with Gasteiger partial charge in [-0.15, -0.1) is 6.42 Å². The van der Waals surface area contributed by atoms with E-state index in [1.165, 1.54) is 12.1 Å². The molecule has 114 valence electrons. The number of nitrogens with zero attached hydrogens (tertiary/aromatic N) is 1. The molecule has 0 atom stereocenters. The van der Waals surface area contributed by atoms with Gasteiger partial charge in [-0.05, 0) is 30.5 Å². The summed E-state index contributed by atoms with van der Waals surface area (Å²) in [4.78, 5) is -0.310. The smallest absolute Gasteiger partial charge is 0.246 e. The van der Waals surface area contributed by atoms with Crippen LogP contribution in [0.15, 0.2) is 23.1 Å². The summed E-state index contributed by atoms with van der Waals surface area (Å²) in [7, 11) is -3.90. The predicted molar refractivity (Wildman–Crippen MR) is 79.5 cm³/mol. The predicted octanol–water partition coefficient (Wildman–Crippen LogP) is 1.72. The summed E-state index contributed by atoms with van der Waals surface area (Å²) in [5.41, 5.74) is 0.749. The molecule has 0 heterocycles. The maximum atomic E-state index is 13.9. The summed E-state index contributed by atoms with van der Waals surface area (Å²) in [6, 6.07) is 4.68. The van der Waals surface area contributed by atoms with Crippen LogP contribution in [0, 0.1) is 18.2 Å². The highest BCUT2D eigenvalue weighted by Gasteiger charge is 2.26.